The van der Waals surface area contributed by atoms with Crippen molar-refractivity contribution >= 4 is 17.8 Å². The molecule has 1 heterocycles. The van der Waals surface area contributed by atoms with Crippen molar-refractivity contribution in [1.82, 2.24) is 10.2 Å². The van der Waals surface area contributed by atoms with Gasteiger partial charge in [0.15, 0.2) is 0 Å². The van der Waals surface area contributed by atoms with Crippen LogP contribution in [0.25, 0.3) is 0 Å². The SMILES string of the molecule is COc1ccc(NC(=O)N2CC(NC(=O)OCc3ccccc3)C2)cc1. The highest BCUT2D eigenvalue weighted by Gasteiger charge is 2.32. The van der Waals surface area contributed by atoms with Gasteiger partial charge in [-0.2, -0.15) is 0 Å². The molecule has 3 amide bonds. The summed E-state index contributed by atoms with van der Waals surface area (Å²) in [6.45, 7) is 1.12. The van der Waals surface area contributed by atoms with Gasteiger partial charge in [-0.05, 0) is 29.8 Å². The maximum Gasteiger partial charge on any atom is 0.407 e. The van der Waals surface area contributed by atoms with Crippen molar-refractivity contribution < 1.29 is 19.1 Å². The number of ether oxygens (including phenoxy) is 2. The van der Waals surface area contributed by atoms with Crippen LogP contribution in [0.1, 0.15) is 5.56 Å². The first kappa shape index (κ1) is 17.6. The van der Waals surface area contributed by atoms with Gasteiger partial charge in [0.1, 0.15) is 12.4 Å². The van der Waals surface area contributed by atoms with Gasteiger partial charge in [0.25, 0.3) is 0 Å². The quantitative estimate of drug-likeness (QED) is 0.864. The van der Waals surface area contributed by atoms with E-state index in [2.05, 4.69) is 10.6 Å². The van der Waals surface area contributed by atoms with Crippen molar-refractivity contribution in [2.75, 3.05) is 25.5 Å². The average molecular weight is 355 g/mol. The Bertz CT molecular complexity index is 743. The molecule has 0 unspecified atom stereocenters. The van der Waals surface area contributed by atoms with Crippen LogP contribution < -0.4 is 15.4 Å². The monoisotopic (exact) mass is 355 g/mol. The first-order valence-electron chi connectivity index (χ1n) is 8.31. The van der Waals surface area contributed by atoms with Gasteiger partial charge in [0.2, 0.25) is 0 Å². The molecule has 0 spiro atoms. The number of nitrogens with one attached hydrogen (secondary N) is 2. The molecule has 0 bridgehead atoms. The minimum absolute atomic E-state index is 0.0973. The Morgan fingerprint density at radius 1 is 1.08 bits per heavy atom. The van der Waals surface area contributed by atoms with Gasteiger partial charge in [-0.3, -0.25) is 0 Å². The van der Waals surface area contributed by atoms with Crippen LogP contribution in [0.3, 0.4) is 0 Å². The first-order valence-corrected chi connectivity index (χ1v) is 8.31. The van der Waals surface area contributed by atoms with E-state index in [0.717, 1.165) is 11.3 Å². The summed E-state index contributed by atoms with van der Waals surface area (Å²) >= 11 is 0. The number of carbonyl (C=O) groups is 2. The predicted octanol–water partition coefficient (Wildman–Crippen LogP) is 2.84. The molecule has 1 saturated heterocycles. The molecule has 7 heteroatoms. The fraction of sp³-hybridized carbons (Fsp3) is 0.263. The number of methoxy groups -OCH3 is 1. The van der Waals surface area contributed by atoms with E-state index in [9.17, 15) is 9.59 Å². The minimum Gasteiger partial charge on any atom is -0.497 e. The summed E-state index contributed by atoms with van der Waals surface area (Å²) in [4.78, 5) is 25.5. The lowest BCUT2D eigenvalue weighted by atomic mass is 10.1. The van der Waals surface area contributed by atoms with E-state index in [4.69, 9.17) is 9.47 Å². The molecule has 1 aliphatic heterocycles. The maximum absolute atomic E-state index is 12.1. The topological polar surface area (TPSA) is 79.9 Å². The smallest absolute Gasteiger partial charge is 0.407 e. The van der Waals surface area contributed by atoms with Crippen LogP contribution in [0.2, 0.25) is 0 Å². The molecule has 0 aromatic heterocycles. The zero-order chi connectivity index (χ0) is 18.4. The summed E-state index contributed by atoms with van der Waals surface area (Å²) in [5, 5.41) is 5.55. The van der Waals surface area contributed by atoms with Crippen LogP contribution in [0.4, 0.5) is 15.3 Å². The Hall–Kier alpha value is -3.22. The lowest BCUT2D eigenvalue weighted by molar-refractivity contribution is 0.111. The molecular weight excluding hydrogens is 334 g/mol. The van der Waals surface area contributed by atoms with Gasteiger partial charge in [-0.25, -0.2) is 9.59 Å². The third-order valence-electron chi connectivity index (χ3n) is 4.04. The van der Waals surface area contributed by atoms with Crippen LogP contribution in [-0.2, 0) is 11.3 Å². The highest BCUT2D eigenvalue weighted by atomic mass is 16.5. The molecule has 0 radical (unpaired) electrons. The molecule has 0 aliphatic carbocycles. The Kier molecular flexibility index (Phi) is 5.58. The third-order valence-corrected chi connectivity index (χ3v) is 4.04. The van der Waals surface area contributed by atoms with Crippen molar-refractivity contribution in [3.05, 3.63) is 60.2 Å². The Morgan fingerprint density at radius 3 is 2.42 bits per heavy atom. The van der Waals surface area contributed by atoms with Crippen LogP contribution in [0.15, 0.2) is 54.6 Å². The van der Waals surface area contributed by atoms with Crippen LogP contribution in [0.5, 0.6) is 5.75 Å². The first-order chi connectivity index (χ1) is 12.6. The Labute approximate surface area is 151 Å². The number of amides is 3. The molecule has 0 saturated carbocycles. The normalized spacial score (nSPS) is 13.5. The molecule has 136 valence electrons. The Morgan fingerprint density at radius 2 is 1.77 bits per heavy atom. The highest BCUT2D eigenvalue weighted by molar-refractivity contribution is 5.90. The van der Waals surface area contributed by atoms with Gasteiger partial charge >= 0.3 is 12.1 Å². The number of hydrogen-bond acceptors (Lipinski definition) is 4. The van der Waals surface area contributed by atoms with E-state index in [1.807, 2.05) is 30.3 Å². The fourth-order valence-corrected chi connectivity index (χ4v) is 2.54. The standard InChI is InChI=1S/C19H21N3O4/c1-25-17-9-7-15(8-10-17)20-18(23)22-11-16(12-22)21-19(24)26-13-14-5-3-2-4-6-14/h2-10,16H,11-13H2,1H3,(H,20,23)(H,21,24). The van der Waals surface area contributed by atoms with E-state index in [1.54, 1.807) is 36.3 Å². The van der Waals surface area contributed by atoms with Gasteiger partial charge in [0, 0.05) is 18.8 Å². The highest BCUT2D eigenvalue weighted by Crippen LogP contribution is 2.17. The predicted molar refractivity (Wildman–Crippen MR) is 97.1 cm³/mol. The molecule has 1 fully saturated rings. The zero-order valence-corrected chi connectivity index (χ0v) is 14.5. The molecule has 2 aromatic rings. The van der Waals surface area contributed by atoms with Crippen molar-refractivity contribution in [1.29, 1.82) is 0 Å². The molecule has 2 aromatic carbocycles. The Balaban J connectivity index is 1.36. The van der Waals surface area contributed by atoms with Crippen LogP contribution in [-0.4, -0.2) is 43.3 Å². The van der Waals surface area contributed by atoms with Gasteiger partial charge in [-0.1, -0.05) is 30.3 Å². The van der Waals surface area contributed by atoms with E-state index in [0.29, 0.717) is 18.8 Å². The zero-order valence-electron chi connectivity index (χ0n) is 14.5. The summed E-state index contributed by atoms with van der Waals surface area (Å²) in [6.07, 6.45) is -0.478. The number of carbonyl (C=O) groups excluding carboxylic acids is 2. The number of nitrogens with zero attached hydrogens (tertiary/aromatic N) is 1. The van der Waals surface area contributed by atoms with Crippen LogP contribution >= 0.6 is 0 Å². The molecule has 1 aliphatic rings. The summed E-state index contributed by atoms with van der Waals surface area (Å²) in [6, 6.07) is 16.3. The number of urea groups is 1. The second-order valence-corrected chi connectivity index (χ2v) is 5.97. The molecule has 7 nitrogen and oxygen atoms in total. The van der Waals surface area contributed by atoms with Crippen molar-refractivity contribution in [2.24, 2.45) is 0 Å². The number of hydrogen-bond donors (Lipinski definition) is 2. The van der Waals surface area contributed by atoms with E-state index >= 15 is 0 Å². The van der Waals surface area contributed by atoms with E-state index in [1.165, 1.54) is 0 Å². The molecule has 0 atom stereocenters. The fourth-order valence-electron chi connectivity index (χ4n) is 2.54. The minimum atomic E-state index is -0.478. The van der Waals surface area contributed by atoms with E-state index in [-0.39, 0.29) is 18.7 Å². The molecular formula is C19H21N3O4. The second kappa shape index (κ2) is 8.24. The summed E-state index contributed by atoms with van der Waals surface area (Å²) in [7, 11) is 1.59. The molecule has 26 heavy (non-hydrogen) atoms. The number of benzene rings is 2. The summed E-state index contributed by atoms with van der Waals surface area (Å²) < 4.78 is 10.2. The molecule has 2 N–H and O–H groups in total. The van der Waals surface area contributed by atoms with E-state index < -0.39 is 6.09 Å². The van der Waals surface area contributed by atoms with Crippen molar-refractivity contribution in [2.45, 2.75) is 12.6 Å². The summed E-state index contributed by atoms with van der Waals surface area (Å²) in [5.41, 5.74) is 1.62. The van der Waals surface area contributed by atoms with Gasteiger partial charge in [-0.15, -0.1) is 0 Å². The maximum atomic E-state index is 12.1. The van der Waals surface area contributed by atoms with Gasteiger partial charge in [0.05, 0.1) is 13.2 Å². The lowest BCUT2D eigenvalue weighted by Crippen LogP contribution is -2.61. The lowest BCUT2D eigenvalue weighted by Gasteiger charge is -2.39. The number of rotatable bonds is 5. The van der Waals surface area contributed by atoms with Crippen LogP contribution in [0, 0.1) is 0 Å². The number of anilines is 1. The largest absolute Gasteiger partial charge is 0.497 e. The second-order valence-electron chi connectivity index (χ2n) is 5.97. The number of alkyl carbamates (subject to hydrolysis) is 1. The van der Waals surface area contributed by atoms with Crippen molar-refractivity contribution in [3.8, 4) is 5.75 Å². The third kappa shape index (κ3) is 4.66. The van der Waals surface area contributed by atoms with Crippen molar-refractivity contribution in [3.63, 3.8) is 0 Å². The molecule has 3 rings (SSSR count). The summed E-state index contributed by atoms with van der Waals surface area (Å²) in [5.74, 6) is 0.727. The number of likely N-dealkylation sites (tertiary alicyclic amines) is 1. The average Bonchev–Trinajstić information content (AvgIpc) is 2.64. The van der Waals surface area contributed by atoms with Gasteiger partial charge < -0.3 is 25.0 Å².